The highest BCUT2D eigenvalue weighted by molar-refractivity contribution is 6.31. The minimum atomic E-state index is -0.230. The van der Waals surface area contributed by atoms with Crippen molar-refractivity contribution in [3.05, 3.63) is 69.2 Å². The standard InChI is InChI=1S/C16H10ClN3O2/c17-9-5-6-12-11(7-9)16(22)20-13-4-2-1-3-10(13)15(21)18-8-14(20)19-12/h1-7H,8H2,(H,18,21). The summed E-state index contributed by atoms with van der Waals surface area (Å²) in [6, 6.07) is 12.0. The van der Waals surface area contributed by atoms with Crippen LogP contribution in [-0.4, -0.2) is 15.5 Å². The Morgan fingerprint density at radius 3 is 2.82 bits per heavy atom. The Kier molecular flexibility index (Phi) is 2.77. The first-order chi connectivity index (χ1) is 10.6. The number of amides is 1. The first-order valence-corrected chi connectivity index (χ1v) is 7.12. The predicted octanol–water partition coefficient (Wildman–Crippen LogP) is 2.28. The van der Waals surface area contributed by atoms with Gasteiger partial charge in [0.25, 0.3) is 11.5 Å². The second-order valence-electron chi connectivity index (χ2n) is 5.03. The Morgan fingerprint density at radius 2 is 1.95 bits per heavy atom. The molecule has 2 aromatic carbocycles. The lowest BCUT2D eigenvalue weighted by atomic mass is 10.1. The number of aromatic nitrogens is 2. The Labute approximate surface area is 130 Å². The lowest BCUT2D eigenvalue weighted by Crippen LogP contribution is -2.25. The van der Waals surface area contributed by atoms with Crippen LogP contribution in [0.3, 0.4) is 0 Å². The van der Waals surface area contributed by atoms with Crippen LogP contribution < -0.4 is 10.9 Å². The van der Waals surface area contributed by atoms with E-state index in [1.807, 2.05) is 0 Å². The van der Waals surface area contributed by atoms with Crippen LogP contribution in [0.5, 0.6) is 0 Å². The molecule has 6 heteroatoms. The van der Waals surface area contributed by atoms with Gasteiger partial charge in [-0.3, -0.25) is 14.2 Å². The topological polar surface area (TPSA) is 64.0 Å². The van der Waals surface area contributed by atoms with Gasteiger partial charge in [-0.05, 0) is 30.3 Å². The number of rotatable bonds is 0. The molecule has 3 aromatic rings. The van der Waals surface area contributed by atoms with Gasteiger partial charge < -0.3 is 5.32 Å². The fourth-order valence-corrected chi connectivity index (χ4v) is 2.86. The van der Waals surface area contributed by atoms with Gasteiger partial charge >= 0.3 is 0 Å². The highest BCUT2D eigenvalue weighted by atomic mass is 35.5. The average Bonchev–Trinajstić information content (AvgIpc) is 2.66. The van der Waals surface area contributed by atoms with Crippen LogP contribution in [0.2, 0.25) is 5.02 Å². The number of benzene rings is 2. The predicted molar refractivity (Wildman–Crippen MR) is 83.5 cm³/mol. The molecule has 0 aliphatic carbocycles. The summed E-state index contributed by atoms with van der Waals surface area (Å²) in [5.41, 5.74) is 1.32. The molecule has 1 aliphatic heterocycles. The summed E-state index contributed by atoms with van der Waals surface area (Å²) in [4.78, 5) is 29.5. The molecule has 5 nitrogen and oxygen atoms in total. The molecule has 0 fully saturated rings. The van der Waals surface area contributed by atoms with Crippen molar-refractivity contribution >= 4 is 28.4 Å². The van der Waals surface area contributed by atoms with Crippen LogP contribution in [0.15, 0.2) is 47.3 Å². The van der Waals surface area contributed by atoms with Crippen molar-refractivity contribution in [3.8, 4) is 5.69 Å². The summed E-state index contributed by atoms with van der Waals surface area (Å²) in [7, 11) is 0. The Balaban J connectivity index is 2.16. The van der Waals surface area contributed by atoms with Crippen molar-refractivity contribution in [2.45, 2.75) is 6.54 Å². The average molecular weight is 312 g/mol. The Hall–Kier alpha value is -2.66. The molecule has 0 saturated heterocycles. The van der Waals surface area contributed by atoms with E-state index in [-0.39, 0.29) is 18.0 Å². The van der Waals surface area contributed by atoms with Crippen LogP contribution in [0, 0.1) is 0 Å². The van der Waals surface area contributed by atoms with E-state index in [4.69, 9.17) is 11.6 Å². The summed E-state index contributed by atoms with van der Waals surface area (Å²) in [5.74, 6) is 0.278. The smallest absolute Gasteiger partial charge is 0.266 e. The van der Waals surface area contributed by atoms with Crippen molar-refractivity contribution in [1.82, 2.24) is 14.9 Å². The molecule has 0 unspecified atom stereocenters. The molecule has 0 atom stereocenters. The van der Waals surface area contributed by atoms with Gasteiger partial charge in [0, 0.05) is 5.02 Å². The van der Waals surface area contributed by atoms with Gasteiger partial charge in [0.05, 0.1) is 28.7 Å². The van der Waals surface area contributed by atoms with Crippen molar-refractivity contribution in [3.63, 3.8) is 0 Å². The minimum absolute atomic E-state index is 0.196. The molecule has 0 saturated carbocycles. The number of hydrogen-bond donors (Lipinski definition) is 1. The first-order valence-electron chi connectivity index (χ1n) is 6.74. The maximum atomic E-state index is 12.9. The van der Waals surface area contributed by atoms with Gasteiger partial charge in [-0.25, -0.2) is 4.98 Å². The van der Waals surface area contributed by atoms with Crippen molar-refractivity contribution in [1.29, 1.82) is 0 Å². The second-order valence-corrected chi connectivity index (χ2v) is 5.47. The fourth-order valence-electron chi connectivity index (χ4n) is 2.69. The van der Waals surface area contributed by atoms with Gasteiger partial charge in [-0.2, -0.15) is 0 Å². The van der Waals surface area contributed by atoms with Gasteiger partial charge in [-0.1, -0.05) is 23.7 Å². The third-order valence-corrected chi connectivity index (χ3v) is 3.93. The number of hydrogen-bond acceptors (Lipinski definition) is 3. The number of carbonyl (C=O) groups excluding carboxylic acids is 1. The van der Waals surface area contributed by atoms with E-state index in [1.165, 1.54) is 4.57 Å². The number of nitrogens with zero attached hydrogens (tertiary/aromatic N) is 2. The van der Waals surface area contributed by atoms with E-state index in [0.29, 0.717) is 33.0 Å². The third kappa shape index (κ3) is 1.83. The number of nitrogens with one attached hydrogen (secondary N) is 1. The molecule has 2 heterocycles. The normalized spacial score (nSPS) is 13.2. The fraction of sp³-hybridized carbons (Fsp3) is 0.0625. The van der Waals surface area contributed by atoms with E-state index in [2.05, 4.69) is 10.3 Å². The van der Waals surface area contributed by atoms with E-state index in [9.17, 15) is 9.59 Å². The number of fused-ring (bicyclic) bond motifs is 4. The zero-order valence-corrected chi connectivity index (χ0v) is 12.1. The van der Waals surface area contributed by atoms with E-state index < -0.39 is 0 Å². The van der Waals surface area contributed by atoms with E-state index in [0.717, 1.165) is 0 Å². The van der Waals surface area contributed by atoms with Crippen LogP contribution in [-0.2, 0) is 6.54 Å². The number of halogens is 1. The minimum Gasteiger partial charge on any atom is -0.345 e. The molecule has 108 valence electrons. The molecule has 0 bridgehead atoms. The molecular formula is C16H10ClN3O2. The first kappa shape index (κ1) is 13.0. The van der Waals surface area contributed by atoms with Crippen molar-refractivity contribution in [2.75, 3.05) is 0 Å². The maximum absolute atomic E-state index is 12.9. The van der Waals surface area contributed by atoms with Gasteiger partial charge in [0.15, 0.2) is 0 Å². The van der Waals surface area contributed by atoms with Gasteiger partial charge in [0.1, 0.15) is 5.82 Å². The van der Waals surface area contributed by atoms with Crippen LogP contribution in [0.25, 0.3) is 16.6 Å². The lowest BCUT2D eigenvalue weighted by Gasteiger charge is -2.11. The molecule has 1 N–H and O–H groups in total. The van der Waals surface area contributed by atoms with Crippen molar-refractivity contribution in [2.24, 2.45) is 0 Å². The summed E-state index contributed by atoms with van der Waals surface area (Å²) < 4.78 is 1.48. The lowest BCUT2D eigenvalue weighted by molar-refractivity contribution is 0.0952. The van der Waals surface area contributed by atoms with Crippen LogP contribution in [0.4, 0.5) is 0 Å². The summed E-state index contributed by atoms with van der Waals surface area (Å²) in [5, 5.41) is 3.68. The molecule has 22 heavy (non-hydrogen) atoms. The number of para-hydroxylation sites is 1. The zero-order chi connectivity index (χ0) is 15.3. The molecule has 1 amide bonds. The SMILES string of the molecule is O=C1NCc2nc3ccc(Cl)cc3c(=O)n2-c2ccccc21. The molecular weight excluding hydrogens is 302 g/mol. The summed E-state index contributed by atoms with van der Waals surface area (Å²) >= 11 is 5.99. The molecule has 1 aliphatic rings. The molecule has 0 spiro atoms. The summed E-state index contributed by atoms with van der Waals surface area (Å²) in [6.45, 7) is 0.196. The monoisotopic (exact) mass is 311 g/mol. The van der Waals surface area contributed by atoms with Gasteiger partial charge in [0.2, 0.25) is 0 Å². The molecule has 1 aromatic heterocycles. The van der Waals surface area contributed by atoms with Crippen LogP contribution in [0.1, 0.15) is 16.2 Å². The summed E-state index contributed by atoms with van der Waals surface area (Å²) in [6.07, 6.45) is 0. The highest BCUT2D eigenvalue weighted by Gasteiger charge is 2.22. The molecule has 0 radical (unpaired) electrons. The van der Waals surface area contributed by atoms with E-state index in [1.54, 1.807) is 42.5 Å². The van der Waals surface area contributed by atoms with Crippen LogP contribution >= 0.6 is 11.6 Å². The van der Waals surface area contributed by atoms with E-state index >= 15 is 0 Å². The maximum Gasteiger partial charge on any atom is 0.266 e. The van der Waals surface area contributed by atoms with Gasteiger partial charge in [-0.15, -0.1) is 0 Å². The highest BCUT2D eigenvalue weighted by Crippen LogP contribution is 2.21. The third-order valence-electron chi connectivity index (χ3n) is 3.70. The second kappa shape index (κ2) is 4.68. The Bertz CT molecular complexity index is 994. The largest absolute Gasteiger partial charge is 0.345 e. The zero-order valence-electron chi connectivity index (χ0n) is 11.3. The number of carbonyl (C=O) groups is 1. The van der Waals surface area contributed by atoms with Crippen molar-refractivity contribution < 1.29 is 4.79 Å². The quantitative estimate of drug-likeness (QED) is 0.693. The molecule has 4 rings (SSSR count). The Morgan fingerprint density at radius 1 is 1.14 bits per heavy atom.